The number of hydrogen-bond acceptors (Lipinski definition) is 3. The van der Waals surface area contributed by atoms with Gasteiger partial charge >= 0.3 is 12.0 Å². The number of rotatable bonds is 7. The molecule has 0 saturated heterocycles. The molecule has 0 bridgehead atoms. The number of carbonyl (C=O) groups excluding carboxylic acids is 1. The fourth-order valence-electron chi connectivity index (χ4n) is 1.89. The van der Waals surface area contributed by atoms with E-state index in [-0.39, 0.29) is 6.03 Å². The van der Waals surface area contributed by atoms with Crippen LogP contribution in [0.15, 0.2) is 29.2 Å². The van der Waals surface area contributed by atoms with Gasteiger partial charge in [-0.15, -0.1) is 11.8 Å². The van der Waals surface area contributed by atoms with Crippen molar-refractivity contribution in [3.8, 4) is 0 Å². The van der Waals surface area contributed by atoms with Crippen LogP contribution in [0.4, 0.5) is 4.79 Å². The second-order valence-corrected chi connectivity index (χ2v) is 7.14. The highest BCUT2D eigenvalue weighted by Crippen LogP contribution is 2.32. The van der Waals surface area contributed by atoms with Crippen LogP contribution in [0.5, 0.6) is 0 Å². The largest absolute Gasteiger partial charge is 0.480 e. The first kappa shape index (κ1) is 18.4. The van der Waals surface area contributed by atoms with Crippen LogP contribution in [-0.4, -0.2) is 46.9 Å². The van der Waals surface area contributed by atoms with Gasteiger partial charge in [0.2, 0.25) is 0 Å². The van der Waals surface area contributed by atoms with Crippen molar-refractivity contribution in [3.63, 3.8) is 0 Å². The van der Waals surface area contributed by atoms with Gasteiger partial charge in [-0.3, -0.25) is 4.79 Å². The van der Waals surface area contributed by atoms with Crippen molar-refractivity contribution in [1.82, 2.24) is 10.2 Å². The summed E-state index contributed by atoms with van der Waals surface area (Å²) in [4.78, 5) is 25.4. The average Bonchev–Trinajstić information content (AvgIpc) is 2.48. The van der Waals surface area contributed by atoms with Gasteiger partial charge in [-0.05, 0) is 44.9 Å². The van der Waals surface area contributed by atoms with E-state index in [1.54, 1.807) is 25.8 Å². The highest BCUT2D eigenvalue weighted by atomic mass is 32.2. The highest BCUT2D eigenvalue weighted by molar-refractivity contribution is 8.01. The van der Waals surface area contributed by atoms with Crippen LogP contribution in [0.25, 0.3) is 0 Å². The molecule has 0 aliphatic carbocycles. The van der Waals surface area contributed by atoms with Crippen LogP contribution in [0.2, 0.25) is 0 Å². The average molecular weight is 324 g/mol. The first-order chi connectivity index (χ1) is 10.3. The molecule has 6 heteroatoms. The summed E-state index contributed by atoms with van der Waals surface area (Å²) in [5.41, 5.74) is 1.12. The summed E-state index contributed by atoms with van der Waals surface area (Å²) in [6, 6.07) is 7.76. The van der Waals surface area contributed by atoms with E-state index in [0.717, 1.165) is 16.9 Å². The molecule has 1 aromatic carbocycles. The fourth-order valence-corrected chi connectivity index (χ4v) is 2.84. The maximum Gasteiger partial charge on any atom is 0.319 e. The minimum Gasteiger partial charge on any atom is -0.480 e. The predicted molar refractivity (Wildman–Crippen MR) is 89.4 cm³/mol. The van der Waals surface area contributed by atoms with Crippen molar-refractivity contribution in [2.45, 2.75) is 36.8 Å². The lowest BCUT2D eigenvalue weighted by Crippen LogP contribution is -2.39. The monoisotopic (exact) mass is 324 g/mol. The molecule has 0 aromatic heterocycles. The number of nitrogens with one attached hydrogen (secondary N) is 1. The second kappa shape index (κ2) is 8.08. The first-order valence-electron chi connectivity index (χ1n) is 7.28. The minimum absolute atomic E-state index is 0.0714. The molecule has 0 fully saturated rings. The number of likely N-dealkylation sites (N-methyl/N-ethyl adjacent to an activating group) is 1. The van der Waals surface area contributed by atoms with Crippen LogP contribution >= 0.6 is 11.8 Å². The molecule has 5 nitrogen and oxygen atoms in total. The summed E-state index contributed by atoms with van der Waals surface area (Å²) in [7, 11) is 1.63. The van der Waals surface area contributed by atoms with Gasteiger partial charge in [0.25, 0.3) is 0 Å². The molecule has 0 radical (unpaired) electrons. The topological polar surface area (TPSA) is 69.6 Å². The molecule has 22 heavy (non-hydrogen) atoms. The third-order valence-corrected chi connectivity index (χ3v) is 4.56. The van der Waals surface area contributed by atoms with Crippen molar-refractivity contribution >= 4 is 23.8 Å². The van der Waals surface area contributed by atoms with E-state index in [2.05, 4.69) is 5.32 Å². The van der Waals surface area contributed by atoms with Crippen LogP contribution in [0.3, 0.4) is 0 Å². The smallest absolute Gasteiger partial charge is 0.319 e. The molecular formula is C16H24N2O3S. The predicted octanol–water partition coefficient (Wildman–Crippen LogP) is 2.85. The number of benzene rings is 1. The zero-order chi connectivity index (χ0) is 16.8. The Morgan fingerprint density at radius 1 is 1.27 bits per heavy atom. The Labute approximate surface area is 136 Å². The van der Waals surface area contributed by atoms with Crippen molar-refractivity contribution < 1.29 is 14.7 Å². The van der Waals surface area contributed by atoms with Crippen LogP contribution in [-0.2, 0) is 11.2 Å². The summed E-state index contributed by atoms with van der Waals surface area (Å²) >= 11 is 1.33. The molecule has 0 aliphatic heterocycles. The molecule has 0 saturated carbocycles. The van der Waals surface area contributed by atoms with Gasteiger partial charge < -0.3 is 15.3 Å². The van der Waals surface area contributed by atoms with Crippen LogP contribution < -0.4 is 5.32 Å². The summed E-state index contributed by atoms with van der Waals surface area (Å²) in [6.45, 7) is 6.65. The van der Waals surface area contributed by atoms with E-state index in [4.69, 9.17) is 5.11 Å². The molecule has 0 atom stereocenters. The number of thioether (sulfide) groups is 1. The Bertz CT molecular complexity index is 515. The molecule has 0 spiro atoms. The second-order valence-electron chi connectivity index (χ2n) is 5.45. The Kier molecular flexibility index (Phi) is 6.74. The summed E-state index contributed by atoms with van der Waals surface area (Å²) < 4.78 is -0.847. The molecule has 0 heterocycles. The van der Waals surface area contributed by atoms with Crippen molar-refractivity contribution in [2.75, 3.05) is 20.1 Å². The summed E-state index contributed by atoms with van der Waals surface area (Å²) in [6.07, 6.45) is 0.772. The van der Waals surface area contributed by atoms with Gasteiger partial charge in [0.1, 0.15) is 4.75 Å². The number of nitrogens with zero attached hydrogens (tertiary/aromatic N) is 1. The lowest BCUT2D eigenvalue weighted by Gasteiger charge is -2.20. The lowest BCUT2D eigenvalue weighted by molar-refractivity contribution is -0.138. The third-order valence-electron chi connectivity index (χ3n) is 3.36. The van der Waals surface area contributed by atoms with Crippen molar-refractivity contribution in [3.05, 3.63) is 29.8 Å². The highest BCUT2D eigenvalue weighted by Gasteiger charge is 2.28. The molecule has 1 aromatic rings. The molecule has 122 valence electrons. The van der Waals surface area contributed by atoms with Crippen molar-refractivity contribution in [1.29, 1.82) is 0 Å². The number of hydrogen-bond donors (Lipinski definition) is 2. The van der Waals surface area contributed by atoms with Crippen molar-refractivity contribution in [2.24, 2.45) is 0 Å². The molecular weight excluding hydrogens is 300 g/mol. The quantitative estimate of drug-likeness (QED) is 0.757. The minimum atomic E-state index is -0.847. The molecule has 0 unspecified atom stereocenters. The number of carboxylic acids is 1. The van der Waals surface area contributed by atoms with Crippen LogP contribution in [0, 0.1) is 0 Å². The number of carboxylic acid groups (broad SMARTS) is 1. The van der Waals surface area contributed by atoms with E-state index >= 15 is 0 Å². The number of aliphatic carboxylic acids is 1. The Morgan fingerprint density at radius 2 is 1.86 bits per heavy atom. The van der Waals surface area contributed by atoms with E-state index in [9.17, 15) is 9.59 Å². The van der Waals surface area contributed by atoms with E-state index < -0.39 is 10.7 Å². The third kappa shape index (κ3) is 5.26. The standard InChI is InChI=1S/C16H24N2O3S/c1-5-18(15(21)17-4)11-10-12-6-8-13(9-7-12)22-16(2,3)14(19)20/h6-9H,5,10-11H2,1-4H3,(H,17,21)(H,19,20). The van der Waals surface area contributed by atoms with Gasteiger partial charge in [-0.25, -0.2) is 4.79 Å². The SMILES string of the molecule is CCN(CCc1ccc(SC(C)(C)C(=O)O)cc1)C(=O)NC. The Morgan fingerprint density at radius 3 is 2.32 bits per heavy atom. The van der Waals surface area contributed by atoms with Gasteiger partial charge in [0.15, 0.2) is 0 Å². The van der Waals surface area contributed by atoms with E-state index in [1.807, 2.05) is 31.2 Å². The summed E-state index contributed by atoms with van der Waals surface area (Å²) in [5.74, 6) is -0.828. The number of amides is 2. The molecule has 2 amide bonds. The van der Waals surface area contributed by atoms with Gasteiger partial charge in [0, 0.05) is 25.0 Å². The number of urea groups is 1. The Hall–Kier alpha value is -1.69. The normalized spacial score (nSPS) is 11.1. The first-order valence-corrected chi connectivity index (χ1v) is 8.09. The van der Waals surface area contributed by atoms with Gasteiger partial charge in [-0.1, -0.05) is 12.1 Å². The molecule has 0 aliphatic rings. The van der Waals surface area contributed by atoms with Gasteiger partial charge in [0.05, 0.1) is 0 Å². The maximum atomic E-state index is 11.6. The molecule has 1 rings (SSSR count). The van der Waals surface area contributed by atoms with Crippen LogP contribution in [0.1, 0.15) is 26.3 Å². The maximum absolute atomic E-state index is 11.6. The van der Waals surface area contributed by atoms with Gasteiger partial charge in [-0.2, -0.15) is 0 Å². The zero-order valence-electron chi connectivity index (χ0n) is 13.5. The van der Waals surface area contributed by atoms with E-state index in [1.165, 1.54) is 11.8 Å². The van der Waals surface area contributed by atoms with E-state index in [0.29, 0.717) is 13.1 Å². The molecule has 2 N–H and O–H groups in total. The fraction of sp³-hybridized carbons (Fsp3) is 0.500. The number of carbonyl (C=O) groups is 2. The zero-order valence-corrected chi connectivity index (χ0v) is 14.4. The Balaban J connectivity index is 2.62. The summed E-state index contributed by atoms with van der Waals surface area (Å²) in [5, 5.41) is 11.8. The lowest BCUT2D eigenvalue weighted by atomic mass is 10.1.